The second kappa shape index (κ2) is 2.99. The van der Waals surface area contributed by atoms with Gasteiger partial charge in [-0.05, 0) is 24.0 Å². The van der Waals surface area contributed by atoms with Crippen molar-refractivity contribution in [3.05, 3.63) is 17.8 Å². The second-order valence-corrected chi connectivity index (χ2v) is 3.12. The van der Waals surface area contributed by atoms with Crippen molar-refractivity contribution >= 4 is 5.82 Å². The summed E-state index contributed by atoms with van der Waals surface area (Å²) in [5.74, 6) is 1.47. The molecule has 1 aromatic rings. The van der Waals surface area contributed by atoms with E-state index in [-0.39, 0.29) is 0 Å². The van der Waals surface area contributed by atoms with E-state index in [9.17, 15) is 0 Å². The fraction of sp³-hybridized carbons (Fsp3) is 0.556. The number of hydrogen-bond acceptors (Lipinski definition) is 1. The topological polar surface area (TPSA) is 30.9 Å². The molecular weight excluding hydrogens is 136 g/mol. The van der Waals surface area contributed by atoms with Gasteiger partial charge in [-0.3, -0.25) is 0 Å². The average Bonchev–Trinajstić information content (AvgIpc) is 2.31. The van der Waals surface area contributed by atoms with Crippen LogP contribution >= 0.6 is 0 Å². The molecule has 0 aliphatic rings. The average molecular weight is 152 g/mol. The van der Waals surface area contributed by atoms with Gasteiger partial charge in [0.1, 0.15) is 5.82 Å². The lowest BCUT2D eigenvalue weighted by Gasteiger charge is -2.03. The van der Waals surface area contributed by atoms with Crippen LogP contribution in [0.25, 0.3) is 0 Å². The maximum Gasteiger partial charge on any atom is 0.103 e. The maximum absolute atomic E-state index is 5.70. The summed E-state index contributed by atoms with van der Waals surface area (Å²) in [4.78, 5) is 0. The van der Waals surface area contributed by atoms with Crippen molar-refractivity contribution in [1.82, 2.24) is 4.57 Å². The van der Waals surface area contributed by atoms with E-state index in [1.807, 2.05) is 17.7 Å². The van der Waals surface area contributed by atoms with E-state index in [4.69, 9.17) is 5.73 Å². The number of aryl methyl sites for hydroxylation is 1. The van der Waals surface area contributed by atoms with Gasteiger partial charge in [-0.15, -0.1) is 0 Å². The fourth-order valence-corrected chi connectivity index (χ4v) is 1.11. The van der Waals surface area contributed by atoms with E-state index in [0.29, 0.717) is 5.92 Å². The van der Waals surface area contributed by atoms with Gasteiger partial charge in [-0.25, -0.2) is 0 Å². The van der Waals surface area contributed by atoms with Crippen molar-refractivity contribution < 1.29 is 0 Å². The molecule has 1 atom stereocenters. The largest absolute Gasteiger partial charge is 0.385 e. The smallest absolute Gasteiger partial charge is 0.103 e. The third kappa shape index (κ3) is 1.56. The number of rotatable bonds is 2. The minimum atomic E-state index is 0.624. The van der Waals surface area contributed by atoms with Crippen LogP contribution in [0, 0.1) is 0 Å². The van der Waals surface area contributed by atoms with Crippen LogP contribution in [-0.2, 0) is 7.05 Å². The van der Waals surface area contributed by atoms with Gasteiger partial charge in [-0.2, -0.15) is 0 Å². The Hall–Kier alpha value is -0.920. The quantitative estimate of drug-likeness (QED) is 0.691. The summed E-state index contributed by atoms with van der Waals surface area (Å²) in [7, 11) is 1.97. The standard InChI is InChI=1S/C9H16N2/c1-4-7(2)8-5-9(10)11(3)6-8/h5-7H,4,10H2,1-3H3. The molecule has 11 heavy (non-hydrogen) atoms. The van der Waals surface area contributed by atoms with Crippen molar-refractivity contribution in [2.24, 2.45) is 7.05 Å². The molecule has 0 amide bonds. The predicted molar refractivity (Wildman–Crippen MR) is 48.5 cm³/mol. The molecule has 0 aliphatic carbocycles. The van der Waals surface area contributed by atoms with Gasteiger partial charge >= 0.3 is 0 Å². The molecule has 62 valence electrons. The molecule has 0 saturated carbocycles. The fourth-order valence-electron chi connectivity index (χ4n) is 1.11. The number of nitrogens with zero attached hydrogens (tertiary/aromatic N) is 1. The van der Waals surface area contributed by atoms with Crippen LogP contribution in [0.5, 0.6) is 0 Å². The van der Waals surface area contributed by atoms with Crippen LogP contribution in [0.15, 0.2) is 12.3 Å². The SMILES string of the molecule is CCC(C)c1cc(N)n(C)c1. The molecule has 1 heterocycles. The van der Waals surface area contributed by atoms with Crippen molar-refractivity contribution in [3.63, 3.8) is 0 Å². The highest BCUT2D eigenvalue weighted by molar-refractivity contribution is 5.36. The first kappa shape index (κ1) is 8.18. The Morgan fingerprint density at radius 2 is 2.27 bits per heavy atom. The third-order valence-corrected chi connectivity index (χ3v) is 2.25. The molecule has 2 N–H and O–H groups in total. The monoisotopic (exact) mass is 152 g/mol. The maximum atomic E-state index is 5.70. The Morgan fingerprint density at radius 1 is 1.64 bits per heavy atom. The van der Waals surface area contributed by atoms with E-state index in [1.54, 1.807) is 0 Å². The highest BCUT2D eigenvalue weighted by atomic mass is 15.0. The molecule has 0 aliphatic heterocycles. The molecule has 0 bridgehead atoms. The molecule has 1 aromatic heterocycles. The summed E-state index contributed by atoms with van der Waals surface area (Å²) in [5.41, 5.74) is 7.04. The summed E-state index contributed by atoms with van der Waals surface area (Å²) in [6.45, 7) is 4.41. The zero-order valence-electron chi connectivity index (χ0n) is 7.46. The Kier molecular flexibility index (Phi) is 2.22. The lowest BCUT2D eigenvalue weighted by molar-refractivity contribution is 0.730. The molecule has 0 aromatic carbocycles. The molecule has 2 heteroatoms. The van der Waals surface area contributed by atoms with Crippen LogP contribution in [0.1, 0.15) is 31.7 Å². The van der Waals surface area contributed by atoms with E-state index < -0.39 is 0 Å². The van der Waals surface area contributed by atoms with Crippen molar-refractivity contribution in [3.8, 4) is 0 Å². The number of nitrogen functional groups attached to an aromatic ring is 1. The molecule has 1 unspecified atom stereocenters. The minimum Gasteiger partial charge on any atom is -0.385 e. The van der Waals surface area contributed by atoms with Crippen molar-refractivity contribution in [2.45, 2.75) is 26.2 Å². The summed E-state index contributed by atoms with van der Waals surface area (Å²) < 4.78 is 1.96. The van der Waals surface area contributed by atoms with Crippen molar-refractivity contribution in [2.75, 3.05) is 5.73 Å². The number of anilines is 1. The first-order valence-electron chi connectivity index (χ1n) is 4.07. The van der Waals surface area contributed by atoms with Crippen LogP contribution in [-0.4, -0.2) is 4.57 Å². The van der Waals surface area contributed by atoms with Gasteiger partial charge in [0.05, 0.1) is 0 Å². The van der Waals surface area contributed by atoms with Gasteiger partial charge < -0.3 is 10.3 Å². The second-order valence-electron chi connectivity index (χ2n) is 3.12. The zero-order valence-corrected chi connectivity index (χ0v) is 7.46. The van der Waals surface area contributed by atoms with Gasteiger partial charge in [0, 0.05) is 13.2 Å². The van der Waals surface area contributed by atoms with E-state index in [2.05, 4.69) is 20.0 Å². The zero-order chi connectivity index (χ0) is 8.43. The number of nitrogens with two attached hydrogens (primary N) is 1. The molecule has 0 radical (unpaired) electrons. The summed E-state index contributed by atoms with van der Waals surface area (Å²) in [6.07, 6.45) is 3.27. The Bertz CT molecular complexity index is 218. The molecule has 0 spiro atoms. The molecule has 0 saturated heterocycles. The van der Waals surface area contributed by atoms with E-state index in [1.165, 1.54) is 12.0 Å². The predicted octanol–water partition coefficient (Wildman–Crippen LogP) is 2.12. The third-order valence-electron chi connectivity index (χ3n) is 2.25. The minimum absolute atomic E-state index is 0.624. The van der Waals surface area contributed by atoms with Crippen LogP contribution in [0.4, 0.5) is 5.82 Å². The summed E-state index contributed by atoms with van der Waals surface area (Å²) in [6, 6.07) is 2.05. The Labute approximate surface area is 68.0 Å². The first-order valence-corrected chi connectivity index (χ1v) is 4.07. The van der Waals surface area contributed by atoms with Gasteiger partial charge in [0.2, 0.25) is 0 Å². The molecule has 0 fully saturated rings. The molecular formula is C9H16N2. The number of aromatic nitrogens is 1. The van der Waals surface area contributed by atoms with E-state index >= 15 is 0 Å². The van der Waals surface area contributed by atoms with Crippen LogP contribution < -0.4 is 5.73 Å². The van der Waals surface area contributed by atoms with Gasteiger partial charge in [-0.1, -0.05) is 13.8 Å². The van der Waals surface area contributed by atoms with Crippen LogP contribution in [0.3, 0.4) is 0 Å². The summed E-state index contributed by atoms with van der Waals surface area (Å²) in [5, 5.41) is 0. The van der Waals surface area contributed by atoms with Gasteiger partial charge in [0.15, 0.2) is 0 Å². The molecule has 2 nitrogen and oxygen atoms in total. The lowest BCUT2D eigenvalue weighted by atomic mass is 10.0. The van der Waals surface area contributed by atoms with Gasteiger partial charge in [0.25, 0.3) is 0 Å². The first-order chi connectivity index (χ1) is 5.15. The van der Waals surface area contributed by atoms with Crippen LogP contribution in [0.2, 0.25) is 0 Å². The highest BCUT2D eigenvalue weighted by Crippen LogP contribution is 2.21. The highest BCUT2D eigenvalue weighted by Gasteiger charge is 2.05. The summed E-state index contributed by atoms with van der Waals surface area (Å²) >= 11 is 0. The lowest BCUT2D eigenvalue weighted by Crippen LogP contribution is -1.92. The Balaban J connectivity index is 2.88. The van der Waals surface area contributed by atoms with E-state index in [0.717, 1.165) is 5.82 Å². The normalized spacial score (nSPS) is 13.4. The Morgan fingerprint density at radius 3 is 2.64 bits per heavy atom. The number of hydrogen-bond donors (Lipinski definition) is 1. The molecule has 1 rings (SSSR count). The van der Waals surface area contributed by atoms with Crippen molar-refractivity contribution in [1.29, 1.82) is 0 Å².